The molecule has 2 rings (SSSR count). The Hall–Kier alpha value is -2.49. The lowest BCUT2D eigenvalue weighted by Gasteiger charge is -2.06. The lowest BCUT2D eigenvalue weighted by molar-refractivity contribution is -0.121. The van der Waals surface area contributed by atoms with Gasteiger partial charge < -0.3 is 5.32 Å². The molecule has 0 aliphatic rings. The first kappa shape index (κ1) is 18.8. The van der Waals surface area contributed by atoms with Crippen LogP contribution < -0.4 is 5.32 Å². The zero-order valence-corrected chi connectivity index (χ0v) is 14.6. The Kier molecular flexibility index (Phi) is 7.33. The minimum atomic E-state index is -0.226. The number of rotatable bonds is 9. The topological polar surface area (TPSA) is 46.2 Å². The Labute approximate surface area is 148 Å². The molecule has 3 nitrogen and oxygen atoms in total. The lowest BCUT2D eigenvalue weighted by Crippen LogP contribution is -2.24. The Morgan fingerprint density at radius 2 is 1.60 bits per heavy atom. The van der Waals surface area contributed by atoms with Crippen molar-refractivity contribution in [3.8, 4) is 0 Å². The number of unbranched alkanes of at least 4 members (excludes halogenated alkanes) is 1. The summed E-state index contributed by atoms with van der Waals surface area (Å²) in [6, 6.07) is 13.9. The van der Waals surface area contributed by atoms with Gasteiger partial charge in [0, 0.05) is 24.9 Å². The van der Waals surface area contributed by atoms with Gasteiger partial charge in [-0.2, -0.15) is 0 Å². The van der Waals surface area contributed by atoms with Crippen molar-refractivity contribution in [2.75, 3.05) is 6.54 Å². The van der Waals surface area contributed by atoms with E-state index in [-0.39, 0.29) is 30.3 Å². The van der Waals surface area contributed by atoms with Gasteiger partial charge in [-0.3, -0.25) is 9.59 Å². The van der Waals surface area contributed by atoms with Crippen LogP contribution in [0.3, 0.4) is 0 Å². The third-order valence-corrected chi connectivity index (χ3v) is 4.08. The largest absolute Gasteiger partial charge is 0.356 e. The van der Waals surface area contributed by atoms with Crippen LogP contribution in [0.25, 0.3) is 0 Å². The Morgan fingerprint density at radius 3 is 2.28 bits per heavy atom. The number of amides is 1. The van der Waals surface area contributed by atoms with Gasteiger partial charge in [0.15, 0.2) is 5.78 Å². The number of hydrogen-bond donors (Lipinski definition) is 1. The fourth-order valence-corrected chi connectivity index (χ4v) is 2.53. The van der Waals surface area contributed by atoms with E-state index in [1.165, 1.54) is 12.1 Å². The highest BCUT2D eigenvalue weighted by atomic mass is 19.1. The van der Waals surface area contributed by atoms with Gasteiger partial charge in [-0.05, 0) is 43.9 Å². The summed E-state index contributed by atoms with van der Waals surface area (Å²) in [7, 11) is 0. The molecule has 1 amide bonds. The molecule has 0 radical (unpaired) electrons. The van der Waals surface area contributed by atoms with Crippen LogP contribution >= 0.6 is 0 Å². The third kappa shape index (κ3) is 6.87. The maximum absolute atomic E-state index is 12.8. The van der Waals surface area contributed by atoms with E-state index < -0.39 is 0 Å². The molecule has 2 aromatic carbocycles. The van der Waals surface area contributed by atoms with Crippen LogP contribution in [-0.4, -0.2) is 18.2 Å². The van der Waals surface area contributed by atoms with E-state index in [2.05, 4.69) is 5.32 Å². The maximum Gasteiger partial charge on any atom is 0.220 e. The number of Topliss-reactive ketones (excluding diaryl/α,β-unsaturated/α-hetero) is 1. The maximum atomic E-state index is 12.8. The van der Waals surface area contributed by atoms with Crippen molar-refractivity contribution in [3.05, 3.63) is 71.0 Å². The molecule has 0 aliphatic carbocycles. The molecule has 0 atom stereocenters. The van der Waals surface area contributed by atoms with Crippen LogP contribution in [0.2, 0.25) is 0 Å². The lowest BCUT2D eigenvalue weighted by atomic mass is 10.0. The zero-order valence-electron chi connectivity index (χ0n) is 14.6. The molecule has 0 saturated carbocycles. The quantitative estimate of drug-likeness (QED) is 0.548. The first-order chi connectivity index (χ1) is 12.0. The summed E-state index contributed by atoms with van der Waals surface area (Å²) < 4.78 is 12.8. The molecule has 0 heterocycles. The molecular formula is C21H24FNO2. The van der Waals surface area contributed by atoms with E-state index in [9.17, 15) is 14.0 Å². The van der Waals surface area contributed by atoms with E-state index in [1.807, 2.05) is 19.1 Å². The fourth-order valence-electron chi connectivity index (χ4n) is 2.53. The van der Waals surface area contributed by atoms with Gasteiger partial charge in [0.25, 0.3) is 0 Å². The summed E-state index contributed by atoms with van der Waals surface area (Å²) in [4.78, 5) is 23.8. The SMILES string of the molecule is Cc1ccc(C(=O)CCC(=O)NCCCCc2ccc(F)cc2)cc1. The summed E-state index contributed by atoms with van der Waals surface area (Å²) in [6.07, 6.45) is 3.08. The molecule has 0 aliphatic heterocycles. The smallest absolute Gasteiger partial charge is 0.220 e. The Bertz CT molecular complexity index is 693. The van der Waals surface area contributed by atoms with Gasteiger partial charge in [0.2, 0.25) is 5.91 Å². The van der Waals surface area contributed by atoms with Crippen molar-refractivity contribution in [2.45, 2.75) is 39.0 Å². The van der Waals surface area contributed by atoms with Crippen LogP contribution in [-0.2, 0) is 11.2 Å². The van der Waals surface area contributed by atoms with Crippen molar-refractivity contribution >= 4 is 11.7 Å². The van der Waals surface area contributed by atoms with Crippen molar-refractivity contribution in [1.82, 2.24) is 5.32 Å². The molecule has 0 aromatic heterocycles. The molecule has 0 fully saturated rings. The van der Waals surface area contributed by atoms with Crippen LogP contribution in [0, 0.1) is 12.7 Å². The van der Waals surface area contributed by atoms with E-state index in [0.717, 1.165) is 30.4 Å². The molecular weight excluding hydrogens is 317 g/mol. The van der Waals surface area contributed by atoms with Gasteiger partial charge in [0.1, 0.15) is 5.82 Å². The highest BCUT2D eigenvalue weighted by Gasteiger charge is 2.08. The van der Waals surface area contributed by atoms with E-state index in [4.69, 9.17) is 0 Å². The highest BCUT2D eigenvalue weighted by Crippen LogP contribution is 2.08. The molecule has 4 heteroatoms. The standard InChI is InChI=1S/C21H24FNO2/c1-16-5-9-18(10-6-16)20(24)13-14-21(25)23-15-3-2-4-17-7-11-19(22)12-8-17/h5-12H,2-4,13-15H2,1H3,(H,23,25). The Morgan fingerprint density at radius 1 is 0.920 bits per heavy atom. The van der Waals surface area contributed by atoms with E-state index >= 15 is 0 Å². The minimum absolute atomic E-state index is 0.00791. The molecule has 0 unspecified atom stereocenters. The molecule has 0 saturated heterocycles. The van der Waals surface area contributed by atoms with E-state index in [0.29, 0.717) is 12.1 Å². The molecule has 0 bridgehead atoms. The second kappa shape index (κ2) is 9.72. The summed E-state index contributed by atoms with van der Waals surface area (Å²) in [5.41, 5.74) is 2.85. The predicted molar refractivity (Wildman–Crippen MR) is 97.1 cm³/mol. The van der Waals surface area contributed by atoms with Crippen LogP contribution in [0.1, 0.15) is 47.2 Å². The average molecular weight is 341 g/mol. The number of ketones is 1. The van der Waals surface area contributed by atoms with Crippen LogP contribution in [0.5, 0.6) is 0 Å². The molecule has 132 valence electrons. The molecule has 2 aromatic rings. The normalized spacial score (nSPS) is 10.5. The minimum Gasteiger partial charge on any atom is -0.356 e. The van der Waals surface area contributed by atoms with Gasteiger partial charge in [-0.15, -0.1) is 0 Å². The number of carbonyl (C=O) groups excluding carboxylic acids is 2. The number of hydrogen-bond acceptors (Lipinski definition) is 2. The van der Waals surface area contributed by atoms with Crippen molar-refractivity contribution < 1.29 is 14.0 Å². The van der Waals surface area contributed by atoms with Gasteiger partial charge in [0.05, 0.1) is 0 Å². The van der Waals surface area contributed by atoms with Crippen molar-refractivity contribution in [1.29, 1.82) is 0 Å². The summed E-state index contributed by atoms with van der Waals surface area (Å²) in [6.45, 7) is 2.57. The molecule has 1 N–H and O–H groups in total. The summed E-state index contributed by atoms with van der Waals surface area (Å²) in [5, 5.41) is 2.84. The number of carbonyl (C=O) groups is 2. The van der Waals surface area contributed by atoms with Gasteiger partial charge in [-0.1, -0.05) is 42.0 Å². The van der Waals surface area contributed by atoms with Gasteiger partial charge >= 0.3 is 0 Å². The summed E-state index contributed by atoms with van der Waals surface area (Å²) in [5.74, 6) is -0.329. The first-order valence-corrected chi connectivity index (χ1v) is 8.65. The number of benzene rings is 2. The Balaban J connectivity index is 1.58. The van der Waals surface area contributed by atoms with Crippen molar-refractivity contribution in [2.24, 2.45) is 0 Å². The van der Waals surface area contributed by atoms with Crippen LogP contribution in [0.15, 0.2) is 48.5 Å². The van der Waals surface area contributed by atoms with E-state index in [1.54, 1.807) is 24.3 Å². The second-order valence-corrected chi connectivity index (χ2v) is 6.22. The molecule has 25 heavy (non-hydrogen) atoms. The third-order valence-electron chi connectivity index (χ3n) is 4.08. The fraction of sp³-hybridized carbons (Fsp3) is 0.333. The predicted octanol–water partition coefficient (Wildman–Crippen LogP) is 4.24. The van der Waals surface area contributed by atoms with Gasteiger partial charge in [-0.25, -0.2) is 4.39 Å². The number of aryl methyl sites for hydroxylation is 2. The zero-order chi connectivity index (χ0) is 18.1. The van der Waals surface area contributed by atoms with Crippen molar-refractivity contribution in [3.63, 3.8) is 0 Å². The highest BCUT2D eigenvalue weighted by molar-refractivity contribution is 5.97. The molecule has 0 spiro atoms. The second-order valence-electron chi connectivity index (χ2n) is 6.22. The summed E-state index contributed by atoms with van der Waals surface area (Å²) >= 11 is 0. The number of nitrogens with one attached hydrogen (secondary N) is 1. The average Bonchev–Trinajstić information content (AvgIpc) is 2.61. The first-order valence-electron chi connectivity index (χ1n) is 8.65. The van der Waals surface area contributed by atoms with Crippen LogP contribution in [0.4, 0.5) is 4.39 Å². The number of halogens is 1. The monoisotopic (exact) mass is 341 g/mol.